The quantitative estimate of drug-likeness (QED) is 0.919. The Morgan fingerprint density at radius 1 is 0.864 bits per heavy atom. The molecule has 2 aromatic carbocycles. The SMILES string of the molecule is Cl.Cl.c1ccc(C(c2ccccc2)N2C[C@@H]3C[C@H]2CN3)cc1. The summed E-state index contributed by atoms with van der Waals surface area (Å²) in [6.07, 6.45) is 1.30. The molecule has 2 heterocycles. The summed E-state index contributed by atoms with van der Waals surface area (Å²) < 4.78 is 0. The molecule has 22 heavy (non-hydrogen) atoms. The van der Waals surface area contributed by atoms with Gasteiger partial charge in [-0.2, -0.15) is 0 Å². The topological polar surface area (TPSA) is 15.3 Å². The van der Waals surface area contributed by atoms with E-state index in [1.54, 1.807) is 0 Å². The highest BCUT2D eigenvalue weighted by Gasteiger charge is 2.41. The van der Waals surface area contributed by atoms with E-state index in [1.807, 2.05) is 0 Å². The number of hydrogen-bond donors (Lipinski definition) is 1. The van der Waals surface area contributed by atoms with Crippen molar-refractivity contribution in [3.63, 3.8) is 0 Å². The van der Waals surface area contributed by atoms with Crippen molar-refractivity contribution < 1.29 is 0 Å². The number of likely N-dealkylation sites (tertiary alicyclic amines) is 1. The van der Waals surface area contributed by atoms with E-state index in [2.05, 4.69) is 70.9 Å². The summed E-state index contributed by atoms with van der Waals surface area (Å²) in [5.41, 5.74) is 2.82. The first-order valence-corrected chi connectivity index (χ1v) is 7.51. The lowest BCUT2D eigenvalue weighted by atomic mass is 9.96. The van der Waals surface area contributed by atoms with E-state index in [4.69, 9.17) is 0 Å². The van der Waals surface area contributed by atoms with E-state index in [0.717, 1.165) is 6.54 Å². The molecule has 2 atom stereocenters. The molecule has 0 saturated carbocycles. The van der Waals surface area contributed by atoms with Crippen molar-refractivity contribution >= 4 is 24.8 Å². The highest BCUT2D eigenvalue weighted by molar-refractivity contribution is 5.85. The third kappa shape index (κ3) is 3.16. The molecule has 118 valence electrons. The number of hydrogen-bond acceptors (Lipinski definition) is 2. The van der Waals surface area contributed by atoms with E-state index >= 15 is 0 Å². The van der Waals surface area contributed by atoms with Gasteiger partial charge in [0, 0.05) is 25.2 Å². The Bertz CT molecular complexity index is 537. The van der Waals surface area contributed by atoms with Crippen molar-refractivity contribution in [1.82, 2.24) is 10.2 Å². The number of fused-ring (bicyclic) bond motifs is 2. The molecule has 0 spiro atoms. The fourth-order valence-corrected chi connectivity index (χ4v) is 3.76. The van der Waals surface area contributed by atoms with Crippen molar-refractivity contribution in [3.05, 3.63) is 71.8 Å². The van der Waals surface area contributed by atoms with Crippen LogP contribution in [-0.4, -0.2) is 30.1 Å². The Balaban J connectivity index is 0.000000882. The van der Waals surface area contributed by atoms with Crippen molar-refractivity contribution in [3.8, 4) is 0 Å². The van der Waals surface area contributed by atoms with Gasteiger partial charge in [0.15, 0.2) is 0 Å². The number of nitrogens with zero attached hydrogens (tertiary/aromatic N) is 1. The summed E-state index contributed by atoms with van der Waals surface area (Å²) in [5, 5.41) is 3.60. The average molecular weight is 337 g/mol. The largest absolute Gasteiger partial charge is 0.311 e. The number of halogens is 2. The molecule has 4 rings (SSSR count). The Hall–Kier alpha value is -1.06. The Morgan fingerprint density at radius 3 is 1.82 bits per heavy atom. The van der Waals surface area contributed by atoms with Crippen LogP contribution in [0.4, 0.5) is 0 Å². The molecule has 0 radical (unpaired) electrons. The zero-order valence-electron chi connectivity index (χ0n) is 12.4. The monoisotopic (exact) mass is 336 g/mol. The number of benzene rings is 2. The van der Waals surface area contributed by atoms with E-state index in [1.165, 1.54) is 24.1 Å². The minimum Gasteiger partial charge on any atom is -0.311 e. The molecule has 0 unspecified atom stereocenters. The lowest BCUT2D eigenvalue weighted by Crippen LogP contribution is -2.45. The summed E-state index contributed by atoms with van der Waals surface area (Å²) >= 11 is 0. The van der Waals surface area contributed by atoms with Crippen LogP contribution in [0, 0.1) is 0 Å². The summed E-state index contributed by atoms with van der Waals surface area (Å²) in [4.78, 5) is 2.69. The minimum atomic E-state index is 0. The highest BCUT2D eigenvalue weighted by atomic mass is 35.5. The molecule has 2 bridgehead atoms. The summed E-state index contributed by atoms with van der Waals surface area (Å²) in [6.45, 7) is 2.31. The standard InChI is InChI=1S/C18H20N2.2ClH/c1-3-7-14(8-4-1)18(15-9-5-2-6-10-15)20-13-16-11-17(20)12-19-16;;/h1-10,16-19H,11-13H2;2*1H/t16-,17-;;/m0../s1. The second-order valence-corrected chi connectivity index (χ2v) is 5.92. The summed E-state index contributed by atoms with van der Waals surface area (Å²) in [6, 6.07) is 23.6. The molecule has 2 aliphatic rings. The van der Waals surface area contributed by atoms with Crippen LogP contribution in [0.1, 0.15) is 23.6 Å². The van der Waals surface area contributed by atoms with Crippen LogP contribution >= 0.6 is 24.8 Å². The summed E-state index contributed by atoms with van der Waals surface area (Å²) in [5.74, 6) is 0. The number of piperazine rings is 1. The van der Waals surface area contributed by atoms with E-state index in [-0.39, 0.29) is 24.8 Å². The van der Waals surface area contributed by atoms with Gasteiger partial charge in [-0.1, -0.05) is 60.7 Å². The fourth-order valence-electron chi connectivity index (χ4n) is 3.76. The van der Waals surface area contributed by atoms with Crippen LogP contribution in [0.5, 0.6) is 0 Å². The van der Waals surface area contributed by atoms with Crippen LogP contribution in [0.3, 0.4) is 0 Å². The van der Waals surface area contributed by atoms with Gasteiger partial charge in [0.1, 0.15) is 0 Å². The molecule has 2 saturated heterocycles. The normalized spacial score (nSPS) is 23.1. The molecule has 4 heteroatoms. The summed E-state index contributed by atoms with van der Waals surface area (Å²) in [7, 11) is 0. The van der Waals surface area contributed by atoms with E-state index < -0.39 is 0 Å². The van der Waals surface area contributed by atoms with Gasteiger partial charge in [0.25, 0.3) is 0 Å². The van der Waals surface area contributed by atoms with Gasteiger partial charge in [0.05, 0.1) is 6.04 Å². The maximum Gasteiger partial charge on any atom is 0.0605 e. The van der Waals surface area contributed by atoms with Crippen LogP contribution in [0.25, 0.3) is 0 Å². The van der Waals surface area contributed by atoms with E-state index in [0.29, 0.717) is 18.1 Å². The maximum absolute atomic E-state index is 3.60. The molecular weight excluding hydrogens is 315 g/mol. The van der Waals surface area contributed by atoms with Gasteiger partial charge in [-0.3, -0.25) is 4.90 Å². The average Bonchev–Trinajstić information content (AvgIpc) is 3.13. The molecule has 2 aromatic rings. The first-order chi connectivity index (χ1) is 9.92. The first-order valence-electron chi connectivity index (χ1n) is 7.51. The highest BCUT2D eigenvalue weighted by Crippen LogP contribution is 2.36. The Labute approximate surface area is 144 Å². The Kier molecular flexibility index (Phi) is 5.87. The smallest absolute Gasteiger partial charge is 0.0605 e. The molecular formula is C18H22Cl2N2. The van der Waals surface area contributed by atoms with Crippen molar-refractivity contribution in [1.29, 1.82) is 0 Å². The molecule has 0 aliphatic carbocycles. The molecule has 2 nitrogen and oxygen atoms in total. The predicted octanol–water partition coefficient (Wildman–Crippen LogP) is 3.67. The third-order valence-corrected chi connectivity index (χ3v) is 4.66. The maximum atomic E-state index is 3.60. The van der Waals surface area contributed by atoms with Crippen molar-refractivity contribution in [2.75, 3.05) is 13.1 Å². The van der Waals surface area contributed by atoms with Gasteiger partial charge in [0.2, 0.25) is 0 Å². The lowest BCUT2D eigenvalue weighted by molar-refractivity contribution is 0.183. The van der Waals surface area contributed by atoms with Crippen LogP contribution in [0.15, 0.2) is 60.7 Å². The molecule has 0 amide bonds. The van der Waals surface area contributed by atoms with Crippen LogP contribution in [0.2, 0.25) is 0 Å². The Morgan fingerprint density at radius 2 is 1.41 bits per heavy atom. The molecule has 2 fully saturated rings. The van der Waals surface area contributed by atoms with Crippen molar-refractivity contribution in [2.45, 2.75) is 24.5 Å². The number of nitrogens with one attached hydrogen (secondary N) is 1. The van der Waals surface area contributed by atoms with Crippen LogP contribution in [-0.2, 0) is 0 Å². The third-order valence-electron chi connectivity index (χ3n) is 4.66. The zero-order chi connectivity index (χ0) is 13.4. The fraction of sp³-hybridized carbons (Fsp3) is 0.333. The second kappa shape index (κ2) is 7.47. The van der Waals surface area contributed by atoms with Crippen molar-refractivity contribution in [2.24, 2.45) is 0 Å². The van der Waals surface area contributed by atoms with Gasteiger partial charge in [-0.05, 0) is 17.5 Å². The van der Waals surface area contributed by atoms with Gasteiger partial charge >= 0.3 is 0 Å². The first kappa shape index (κ1) is 17.3. The van der Waals surface area contributed by atoms with Gasteiger partial charge < -0.3 is 5.32 Å². The molecule has 2 aliphatic heterocycles. The lowest BCUT2D eigenvalue weighted by Gasteiger charge is -2.35. The van der Waals surface area contributed by atoms with Gasteiger partial charge in [-0.25, -0.2) is 0 Å². The second-order valence-electron chi connectivity index (χ2n) is 5.92. The molecule has 1 N–H and O–H groups in total. The number of rotatable bonds is 3. The van der Waals surface area contributed by atoms with Gasteiger partial charge in [-0.15, -0.1) is 24.8 Å². The zero-order valence-corrected chi connectivity index (χ0v) is 14.0. The minimum absolute atomic E-state index is 0. The molecule has 0 aromatic heterocycles. The van der Waals surface area contributed by atoms with Crippen LogP contribution < -0.4 is 5.32 Å². The van der Waals surface area contributed by atoms with E-state index in [9.17, 15) is 0 Å². The predicted molar refractivity (Wildman–Crippen MR) is 96.1 cm³/mol.